The normalized spacial score (nSPS) is 23.8. The Labute approximate surface area is 70.7 Å². The highest BCUT2D eigenvalue weighted by Crippen LogP contribution is 2.08. The van der Waals surface area contributed by atoms with E-state index in [-0.39, 0.29) is 5.75 Å². The van der Waals surface area contributed by atoms with Crippen molar-refractivity contribution in [1.82, 2.24) is 4.98 Å². The molecule has 0 saturated carbocycles. The Hall–Kier alpha value is -1.05. The highest BCUT2D eigenvalue weighted by Gasteiger charge is 1.93. The van der Waals surface area contributed by atoms with Gasteiger partial charge in [-0.25, -0.2) is 0 Å². The zero-order valence-corrected chi connectivity index (χ0v) is 5.16. The summed E-state index contributed by atoms with van der Waals surface area (Å²) in [6, 6.07) is 2.58. The molecule has 2 nitrogen and oxygen atoms in total. The van der Waals surface area contributed by atoms with Crippen molar-refractivity contribution < 1.29 is 14.3 Å². The Balaban J connectivity index is 3.11. The first-order chi connectivity index (χ1) is 7.58. The lowest BCUT2D eigenvalue weighted by molar-refractivity contribution is 0.242. The summed E-state index contributed by atoms with van der Waals surface area (Å²) in [5, 5.41) is 0. The third kappa shape index (κ3) is 2.05. The van der Waals surface area contributed by atoms with E-state index in [1.165, 1.54) is 24.5 Å². The third-order valence-corrected chi connectivity index (χ3v) is 0.870. The second-order valence-electron chi connectivity index (χ2n) is 1.61. The zero-order chi connectivity index (χ0) is 13.3. The largest absolute Gasteiger partial charge is 0.491 e. The van der Waals surface area contributed by atoms with Crippen LogP contribution in [-0.4, -0.2) is 11.1 Å². The van der Waals surface area contributed by atoms with E-state index < -0.39 is 19.8 Å². The van der Waals surface area contributed by atoms with Gasteiger partial charge in [0.15, 0.2) is 0 Å². The first-order valence-corrected chi connectivity index (χ1v) is 2.67. The van der Waals surface area contributed by atoms with Crippen molar-refractivity contribution >= 4 is 0 Å². The monoisotopic (exact) mass is 144 g/mol. The molecule has 0 N–H and O–H groups in total. The number of hydrogen-bond donors (Lipinski definition) is 0. The molecule has 0 spiro atoms. The van der Waals surface area contributed by atoms with Gasteiger partial charge in [-0.2, -0.15) is 0 Å². The summed E-state index contributed by atoms with van der Waals surface area (Å²) in [6.45, 7) is -6.19. The van der Waals surface area contributed by atoms with Gasteiger partial charge < -0.3 is 4.74 Å². The fourth-order valence-corrected chi connectivity index (χ4v) is 0.524. The molecule has 0 fully saturated rings. The molecule has 1 heterocycles. The Morgan fingerprint density at radius 1 is 1.60 bits per heavy atom. The van der Waals surface area contributed by atoms with Crippen molar-refractivity contribution in [2.75, 3.05) is 0 Å². The van der Waals surface area contributed by atoms with Gasteiger partial charge in [0.25, 0.3) is 0 Å². The van der Waals surface area contributed by atoms with Gasteiger partial charge in [-0.05, 0) is 25.8 Å². The van der Waals surface area contributed by atoms with Crippen molar-refractivity contribution in [2.24, 2.45) is 0 Å². The minimum atomic E-state index is -3.10. The molecular formula is C8H11NO. The Bertz CT molecular complexity index is 358. The molecule has 0 saturated heterocycles. The second-order valence-corrected chi connectivity index (χ2v) is 1.61. The van der Waals surface area contributed by atoms with Crippen molar-refractivity contribution in [3.05, 3.63) is 24.5 Å². The number of pyridine rings is 1. The molecule has 1 aromatic rings. The highest BCUT2D eigenvalue weighted by molar-refractivity contribution is 5.16. The minimum absolute atomic E-state index is 0.0257. The van der Waals surface area contributed by atoms with Crippen LogP contribution in [0.25, 0.3) is 0 Å². The van der Waals surface area contributed by atoms with Crippen LogP contribution in [0.1, 0.15) is 23.3 Å². The van der Waals surface area contributed by atoms with Gasteiger partial charge in [0.05, 0.1) is 7.45 Å². The fraction of sp³-hybridized carbons (Fsp3) is 0.375. The van der Waals surface area contributed by atoms with Crippen LogP contribution in [-0.2, 0) is 0 Å². The lowest BCUT2D eigenvalue weighted by Crippen LogP contribution is -2.04. The maximum absolute atomic E-state index is 7.59. The van der Waals surface area contributed by atoms with Crippen LogP contribution in [0, 0.1) is 0 Å². The predicted octanol–water partition coefficient (Wildman–Crippen LogP) is 1.87. The van der Waals surface area contributed by atoms with Crippen molar-refractivity contribution in [3.8, 4) is 5.75 Å². The lowest BCUT2D eigenvalue weighted by atomic mass is 10.4. The molecule has 0 amide bonds. The van der Waals surface area contributed by atoms with Crippen LogP contribution < -0.4 is 4.74 Å². The van der Waals surface area contributed by atoms with Crippen molar-refractivity contribution in [3.63, 3.8) is 0 Å². The molecule has 1 rings (SSSR count). The van der Waals surface area contributed by atoms with E-state index >= 15 is 0 Å². The number of hydrogen-bond acceptors (Lipinski definition) is 2. The second kappa shape index (κ2) is 3.20. The van der Waals surface area contributed by atoms with Crippen LogP contribution in [0.3, 0.4) is 0 Å². The van der Waals surface area contributed by atoms with E-state index in [2.05, 4.69) is 4.98 Å². The number of ether oxygens (including phenoxy) is 1. The van der Waals surface area contributed by atoms with E-state index in [0.29, 0.717) is 0 Å². The molecule has 10 heavy (non-hydrogen) atoms. The van der Waals surface area contributed by atoms with Gasteiger partial charge in [0.2, 0.25) is 0 Å². The summed E-state index contributed by atoms with van der Waals surface area (Å²) < 4.78 is 55.2. The molecule has 0 aromatic carbocycles. The van der Waals surface area contributed by atoms with E-state index in [1.54, 1.807) is 0 Å². The quantitative estimate of drug-likeness (QED) is 0.632. The summed E-state index contributed by atoms with van der Waals surface area (Å²) in [5.41, 5.74) is 0. The summed E-state index contributed by atoms with van der Waals surface area (Å²) in [4.78, 5) is 3.68. The topological polar surface area (TPSA) is 22.1 Å². The first kappa shape index (κ1) is 2.22. The Morgan fingerprint density at radius 3 is 2.90 bits per heavy atom. The van der Waals surface area contributed by atoms with Gasteiger partial charge in [-0.15, -0.1) is 0 Å². The summed E-state index contributed by atoms with van der Waals surface area (Å²) in [5.74, 6) is -0.0257. The molecule has 0 bridgehead atoms. The molecule has 2 heteroatoms. The fourth-order valence-electron chi connectivity index (χ4n) is 0.524. The van der Waals surface area contributed by atoms with Crippen LogP contribution >= 0.6 is 0 Å². The molecular weight excluding hydrogens is 126 g/mol. The van der Waals surface area contributed by atoms with Gasteiger partial charge >= 0.3 is 0 Å². The van der Waals surface area contributed by atoms with Gasteiger partial charge in [-0.3, -0.25) is 4.98 Å². The van der Waals surface area contributed by atoms with Crippen LogP contribution in [0.5, 0.6) is 5.75 Å². The van der Waals surface area contributed by atoms with Gasteiger partial charge in [0.1, 0.15) is 5.75 Å². The first-order valence-electron chi connectivity index (χ1n) is 6.17. The maximum atomic E-state index is 7.59. The average molecular weight is 144 g/mol. The van der Waals surface area contributed by atoms with Crippen LogP contribution in [0.4, 0.5) is 0 Å². The summed E-state index contributed by atoms with van der Waals surface area (Å²) in [6.07, 6.45) is -0.370. The Kier molecular flexibility index (Phi) is 0.712. The van der Waals surface area contributed by atoms with Gasteiger partial charge in [0, 0.05) is 20.6 Å². The predicted molar refractivity (Wildman–Crippen MR) is 40.0 cm³/mol. The standard InChI is InChI=1S/C8H11NO/c1-7(2)10-8-3-5-9-6-4-8/h3-7H,1-2H3/i1D3,2D3,7D. The molecule has 0 radical (unpaired) electrons. The number of nitrogens with zero attached hydrogens (tertiary/aromatic N) is 1. The minimum Gasteiger partial charge on any atom is -0.491 e. The van der Waals surface area contributed by atoms with Gasteiger partial charge in [-0.1, -0.05) is 0 Å². The summed E-state index contributed by atoms with van der Waals surface area (Å²) >= 11 is 0. The number of aromatic nitrogens is 1. The Morgan fingerprint density at radius 2 is 2.30 bits per heavy atom. The molecule has 0 aliphatic carbocycles. The SMILES string of the molecule is [2H]C([2H])([2H])C([2H])(Oc1ccncc1)C([2H])([2H])[2H]. The van der Waals surface area contributed by atoms with Crippen LogP contribution in [0.2, 0.25) is 0 Å². The highest BCUT2D eigenvalue weighted by atomic mass is 16.5. The smallest absolute Gasteiger partial charge is 0.122 e. The number of rotatable bonds is 2. The molecule has 1 aromatic heterocycles. The van der Waals surface area contributed by atoms with E-state index in [1.807, 2.05) is 0 Å². The molecule has 54 valence electrons. The molecule has 0 unspecified atom stereocenters. The van der Waals surface area contributed by atoms with E-state index in [4.69, 9.17) is 14.3 Å². The average Bonchev–Trinajstić information content (AvgIpc) is 2.15. The van der Waals surface area contributed by atoms with Crippen molar-refractivity contribution in [2.45, 2.75) is 19.8 Å². The molecule has 0 aliphatic heterocycles. The maximum Gasteiger partial charge on any atom is 0.122 e. The van der Waals surface area contributed by atoms with E-state index in [9.17, 15) is 0 Å². The van der Waals surface area contributed by atoms with E-state index in [0.717, 1.165) is 0 Å². The molecule has 0 atom stereocenters. The zero-order valence-electron chi connectivity index (χ0n) is 12.2. The lowest BCUT2D eigenvalue weighted by Gasteiger charge is -2.07. The molecule has 0 aliphatic rings. The summed E-state index contributed by atoms with van der Waals surface area (Å²) in [7, 11) is 0. The van der Waals surface area contributed by atoms with Crippen LogP contribution in [0.15, 0.2) is 24.5 Å². The van der Waals surface area contributed by atoms with Crippen molar-refractivity contribution in [1.29, 1.82) is 0 Å². The third-order valence-electron chi connectivity index (χ3n) is 0.870.